The van der Waals surface area contributed by atoms with Gasteiger partial charge in [-0.2, -0.15) is 11.8 Å². The fourth-order valence-corrected chi connectivity index (χ4v) is 4.32. The van der Waals surface area contributed by atoms with Gasteiger partial charge >= 0.3 is 0 Å². The van der Waals surface area contributed by atoms with E-state index in [1.165, 1.54) is 12.2 Å². The minimum atomic E-state index is 0.129. The lowest BCUT2D eigenvalue weighted by Gasteiger charge is -2.38. The summed E-state index contributed by atoms with van der Waals surface area (Å²) in [5, 5.41) is 0. The molecule has 2 saturated heterocycles. The number of hydrogen-bond donors (Lipinski definition) is 1. The maximum Gasteiger partial charge on any atom is 0.122 e. The van der Waals surface area contributed by atoms with Crippen LogP contribution in [0.3, 0.4) is 0 Å². The molecule has 0 aliphatic carbocycles. The van der Waals surface area contributed by atoms with Gasteiger partial charge < -0.3 is 15.0 Å². The summed E-state index contributed by atoms with van der Waals surface area (Å²) in [7, 11) is 0. The van der Waals surface area contributed by atoms with Gasteiger partial charge in [0.15, 0.2) is 0 Å². The van der Waals surface area contributed by atoms with E-state index < -0.39 is 0 Å². The highest BCUT2D eigenvalue weighted by Crippen LogP contribution is 2.42. The van der Waals surface area contributed by atoms with Gasteiger partial charge in [-0.1, -0.05) is 0 Å². The highest BCUT2D eigenvalue weighted by atomic mass is 32.2. The average Bonchev–Trinajstić information content (AvgIpc) is 2.98. The molecule has 2 N–H and O–H groups in total. The van der Waals surface area contributed by atoms with Crippen molar-refractivity contribution in [3.8, 4) is 0 Å². The zero-order chi connectivity index (χ0) is 11.7. The second-order valence-corrected chi connectivity index (χ2v) is 6.04. The summed E-state index contributed by atoms with van der Waals surface area (Å²) in [4.78, 5) is 4.32. The maximum atomic E-state index is 6.04. The van der Waals surface area contributed by atoms with Crippen LogP contribution in [0, 0.1) is 0 Å². The molecule has 17 heavy (non-hydrogen) atoms. The van der Waals surface area contributed by atoms with Crippen LogP contribution in [-0.2, 0) is 11.3 Å². The summed E-state index contributed by atoms with van der Waals surface area (Å²) in [6, 6.07) is 0.517. The van der Waals surface area contributed by atoms with E-state index in [4.69, 9.17) is 10.5 Å². The first-order valence-electron chi connectivity index (χ1n) is 6.26. The van der Waals surface area contributed by atoms with Crippen LogP contribution < -0.4 is 5.73 Å². The number of aromatic nitrogens is 2. The minimum absolute atomic E-state index is 0.129. The average molecular weight is 253 g/mol. The molecule has 3 rings (SSSR count). The molecule has 2 aliphatic heterocycles. The van der Waals surface area contributed by atoms with Crippen molar-refractivity contribution in [2.75, 3.05) is 18.1 Å². The molecule has 2 fully saturated rings. The summed E-state index contributed by atoms with van der Waals surface area (Å²) >= 11 is 2.01. The molecule has 1 spiro atoms. The third-order valence-electron chi connectivity index (χ3n) is 3.86. The van der Waals surface area contributed by atoms with E-state index in [0.717, 1.165) is 31.0 Å². The smallest absolute Gasteiger partial charge is 0.122 e. The summed E-state index contributed by atoms with van der Waals surface area (Å²) in [5.74, 6) is 3.38. The Morgan fingerprint density at radius 1 is 1.65 bits per heavy atom. The Bertz CT molecular complexity index is 387. The van der Waals surface area contributed by atoms with Crippen molar-refractivity contribution in [1.29, 1.82) is 0 Å². The first-order valence-corrected chi connectivity index (χ1v) is 7.42. The zero-order valence-corrected chi connectivity index (χ0v) is 10.8. The molecular weight excluding hydrogens is 234 g/mol. The summed E-state index contributed by atoms with van der Waals surface area (Å²) in [5.41, 5.74) is 5.86. The van der Waals surface area contributed by atoms with Crippen LogP contribution in [-0.4, -0.2) is 33.3 Å². The summed E-state index contributed by atoms with van der Waals surface area (Å²) < 4.78 is 8.30. The number of nitrogens with zero attached hydrogens (tertiary/aromatic N) is 2. The van der Waals surface area contributed by atoms with Crippen molar-refractivity contribution < 1.29 is 4.74 Å². The molecule has 3 heterocycles. The normalized spacial score (nSPS) is 33.4. The first-order chi connectivity index (χ1) is 8.33. The van der Waals surface area contributed by atoms with Crippen LogP contribution >= 0.6 is 11.8 Å². The van der Waals surface area contributed by atoms with Gasteiger partial charge in [-0.25, -0.2) is 4.98 Å². The molecule has 4 nitrogen and oxygen atoms in total. The first kappa shape index (κ1) is 11.6. The number of thioether (sulfide) groups is 1. The predicted molar refractivity (Wildman–Crippen MR) is 69.0 cm³/mol. The van der Waals surface area contributed by atoms with Crippen molar-refractivity contribution in [2.45, 2.75) is 37.5 Å². The van der Waals surface area contributed by atoms with Crippen LogP contribution in [0.1, 0.15) is 31.1 Å². The molecule has 5 heteroatoms. The van der Waals surface area contributed by atoms with E-state index in [1.54, 1.807) is 0 Å². The van der Waals surface area contributed by atoms with Crippen LogP contribution in [0.2, 0.25) is 0 Å². The van der Waals surface area contributed by atoms with E-state index >= 15 is 0 Å². The quantitative estimate of drug-likeness (QED) is 0.869. The number of ether oxygens (including phenoxy) is 1. The molecule has 0 amide bonds. The van der Waals surface area contributed by atoms with Gasteiger partial charge in [-0.15, -0.1) is 0 Å². The molecule has 1 aromatic heterocycles. The topological polar surface area (TPSA) is 53.1 Å². The fraction of sp³-hybridized carbons (Fsp3) is 0.750. The second-order valence-electron chi connectivity index (χ2n) is 4.94. The van der Waals surface area contributed by atoms with Gasteiger partial charge in [0.05, 0.1) is 12.1 Å². The Morgan fingerprint density at radius 3 is 3.35 bits per heavy atom. The Balaban J connectivity index is 1.79. The predicted octanol–water partition coefficient (Wildman–Crippen LogP) is 1.57. The molecule has 2 unspecified atom stereocenters. The number of nitrogens with two attached hydrogens (primary N) is 1. The molecule has 0 saturated carbocycles. The van der Waals surface area contributed by atoms with Gasteiger partial charge in [-0.3, -0.25) is 0 Å². The van der Waals surface area contributed by atoms with Crippen molar-refractivity contribution in [3.63, 3.8) is 0 Å². The number of imidazole rings is 1. The highest BCUT2D eigenvalue weighted by molar-refractivity contribution is 7.99. The van der Waals surface area contributed by atoms with E-state index in [9.17, 15) is 0 Å². The molecule has 0 aromatic carbocycles. The van der Waals surface area contributed by atoms with Crippen LogP contribution in [0.4, 0.5) is 0 Å². The van der Waals surface area contributed by atoms with Gasteiger partial charge in [0, 0.05) is 30.8 Å². The van der Waals surface area contributed by atoms with Crippen molar-refractivity contribution in [3.05, 3.63) is 18.2 Å². The van der Waals surface area contributed by atoms with Gasteiger partial charge in [0.2, 0.25) is 0 Å². The fourth-order valence-electron chi connectivity index (χ4n) is 2.94. The van der Waals surface area contributed by atoms with E-state index in [0.29, 0.717) is 12.6 Å². The third-order valence-corrected chi connectivity index (χ3v) is 5.08. The van der Waals surface area contributed by atoms with E-state index in [1.807, 2.05) is 18.0 Å². The SMILES string of the molecule is NCc1nccn1C1CCOC2(CCSC2)C1. The molecule has 2 atom stereocenters. The van der Waals surface area contributed by atoms with Gasteiger partial charge in [0.25, 0.3) is 0 Å². The van der Waals surface area contributed by atoms with Gasteiger partial charge in [-0.05, 0) is 25.0 Å². The molecule has 0 radical (unpaired) electrons. The third kappa shape index (κ3) is 2.11. The summed E-state index contributed by atoms with van der Waals surface area (Å²) in [6.07, 6.45) is 7.31. The lowest BCUT2D eigenvalue weighted by molar-refractivity contribution is -0.0765. The van der Waals surface area contributed by atoms with Crippen LogP contribution in [0.25, 0.3) is 0 Å². The van der Waals surface area contributed by atoms with Crippen LogP contribution in [0.5, 0.6) is 0 Å². The lowest BCUT2D eigenvalue weighted by Crippen LogP contribution is -2.40. The largest absolute Gasteiger partial charge is 0.374 e. The van der Waals surface area contributed by atoms with Gasteiger partial charge in [0.1, 0.15) is 5.82 Å². The second kappa shape index (κ2) is 4.63. The number of hydrogen-bond acceptors (Lipinski definition) is 4. The van der Waals surface area contributed by atoms with Crippen molar-refractivity contribution in [2.24, 2.45) is 5.73 Å². The minimum Gasteiger partial charge on any atom is -0.374 e. The Labute approximate surface area is 106 Å². The summed E-state index contributed by atoms with van der Waals surface area (Å²) in [6.45, 7) is 1.39. The molecule has 0 bridgehead atoms. The molecule has 2 aliphatic rings. The van der Waals surface area contributed by atoms with E-state index in [2.05, 4.69) is 15.7 Å². The monoisotopic (exact) mass is 253 g/mol. The Morgan fingerprint density at radius 2 is 2.59 bits per heavy atom. The molecule has 94 valence electrons. The molecule has 1 aromatic rings. The lowest BCUT2D eigenvalue weighted by atomic mass is 9.89. The Kier molecular flexibility index (Phi) is 3.15. The number of rotatable bonds is 2. The molecular formula is C12H19N3OS. The van der Waals surface area contributed by atoms with Crippen molar-refractivity contribution >= 4 is 11.8 Å². The van der Waals surface area contributed by atoms with Crippen molar-refractivity contribution in [1.82, 2.24) is 9.55 Å². The van der Waals surface area contributed by atoms with E-state index in [-0.39, 0.29) is 5.60 Å². The Hall–Kier alpha value is -0.520. The van der Waals surface area contributed by atoms with Crippen LogP contribution in [0.15, 0.2) is 12.4 Å². The standard InChI is InChI=1S/C12H19N3OS/c13-8-11-14-3-4-15(11)10-1-5-16-12(7-10)2-6-17-9-12/h3-4,10H,1-2,5-9,13H2. The highest BCUT2D eigenvalue weighted by Gasteiger charge is 2.41. The maximum absolute atomic E-state index is 6.04. The zero-order valence-electron chi connectivity index (χ0n) is 9.97.